The highest BCUT2D eigenvalue weighted by Crippen LogP contribution is 2.42. The number of rotatable bonds is 8. The first-order valence-electron chi connectivity index (χ1n) is 11.8. The molecule has 2 aromatic carbocycles. The van der Waals surface area contributed by atoms with Crippen LogP contribution in [0.2, 0.25) is 0 Å². The van der Waals surface area contributed by atoms with Gasteiger partial charge >= 0.3 is 11.9 Å². The van der Waals surface area contributed by atoms with Gasteiger partial charge in [-0.1, -0.05) is 60.7 Å². The number of halogens is 1. The zero-order valence-corrected chi connectivity index (χ0v) is 21.7. The summed E-state index contributed by atoms with van der Waals surface area (Å²) in [6.45, 7) is 1.63. The normalized spacial score (nSPS) is 23.0. The summed E-state index contributed by atoms with van der Waals surface area (Å²) < 4.78 is 18.5. The van der Waals surface area contributed by atoms with Crippen LogP contribution < -0.4 is 17.0 Å². The highest BCUT2D eigenvalue weighted by molar-refractivity contribution is 5.86. The van der Waals surface area contributed by atoms with Crippen molar-refractivity contribution in [3.63, 3.8) is 0 Å². The maximum atomic E-state index is 14.0. The van der Waals surface area contributed by atoms with E-state index in [-0.39, 0.29) is 36.3 Å². The molecule has 0 saturated carbocycles. The number of hydrogen-bond donors (Lipinski definition) is 0. The molecule has 0 aromatic heterocycles. The van der Waals surface area contributed by atoms with Gasteiger partial charge in [-0.05, 0) is 18.1 Å². The number of hydrogen-bond acceptors (Lipinski definition) is 5. The average molecular weight is 532 g/mol. The molecule has 0 N–H and O–H groups in total. The van der Waals surface area contributed by atoms with E-state index in [1.807, 2.05) is 60.7 Å². The number of carbonyl (C=O) groups excluding carboxylic acids is 2. The van der Waals surface area contributed by atoms with Crippen LogP contribution in [0.15, 0.2) is 60.7 Å². The Morgan fingerprint density at radius 2 is 1.41 bits per heavy atom. The molecule has 7 heteroatoms. The van der Waals surface area contributed by atoms with Gasteiger partial charge in [-0.2, -0.15) is 0 Å². The minimum absolute atomic E-state index is 0. The van der Waals surface area contributed by atoms with Gasteiger partial charge in [0.15, 0.2) is 0 Å². The smallest absolute Gasteiger partial charge is 0.348 e. The molecule has 4 rings (SSSR count). The summed E-state index contributed by atoms with van der Waals surface area (Å²) in [4.78, 5) is 26.2. The topological polar surface area (TPSA) is 61.8 Å². The van der Waals surface area contributed by atoms with Gasteiger partial charge in [-0.3, -0.25) is 0 Å². The molecule has 184 valence electrons. The summed E-state index contributed by atoms with van der Waals surface area (Å²) in [6, 6.07) is 19.5. The number of piperidine rings is 1. The van der Waals surface area contributed by atoms with E-state index in [9.17, 15) is 9.59 Å². The predicted molar refractivity (Wildman–Crippen MR) is 124 cm³/mol. The van der Waals surface area contributed by atoms with Crippen LogP contribution in [0.1, 0.15) is 43.7 Å². The van der Waals surface area contributed by atoms with Crippen molar-refractivity contribution in [2.24, 2.45) is 0 Å². The van der Waals surface area contributed by atoms with Gasteiger partial charge in [0, 0.05) is 25.7 Å². The van der Waals surface area contributed by atoms with E-state index in [0.717, 1.165) is 30.2 Å². The Bertz CT molecular complexity index is 910. The summed E-state index contributed by atoms with van der Waals surface area (Å²) in [5, 5.41) is 0. The quantitative estimate of drug-likeness (QED) is 0.373. The second-order valence-electron chi connectivity index (χ2n) is 9.52. The molecule has 2 fully saturated rings. The van der Waals surface area contributed by atoms with Crippen LogP contribution in [0.4, 0.5) is 0 Å². The molecule has 0 radical (unpaired) electrons. The molecular weight excluding hydrogens is 498 g/mol. The van der Waals surface area contributed by atoms with E-state index in [2.05, 4.69) is 14.1 Å². The summed E-state index contributed by atoms with van der Waals surface area (Å²) in [5.74, 6) is -1.00. The molecule has 6 nitrogen and oxygen atoms in total. The number of nitrogens with zero attached hydrogens (tertiary/aromatic N) is 1. The van der Waals surface area contributed by atoms with Crippen LogP contribution in [0.25, 0.3) is 0 Å². The Labute approximate surface area is 212 Å². The van der Waals surface area contributed by atoms with E-state index in [1.54, 1.807) is 6.92 Å². The van der Waals surface area contributed by atoms with Crippen molar-refractivity contribution in [3.8, 4) is 0 Å². The second kappa shape index (κ2) is 11.0. The zero-order chi connectivity index (χ0) is 23.5. The molecule has 0 aliphatic carbocycles. The van der Waals surface area contributed by atoms with Crippen molar-refractivity contribution in [2.45, 2.75) is 56.4 Å². The van der Waals surface area contributed by atoms with Gasteiger partial charge in [0.25, 0.3) is 0 Å². The molecule has 34 heavy (non-hydrogen) atoms. The molecule has 2 saturated heterocycles. The van der Waals surface area contributed by atoms with Crippen molar-refractivity contribution in [1.29, 1.82) is 0 Å². The van der Waals surface area contributed by atoms with Gasteiger partial charge in [-0.15, -0.1) is 0 Å². The standard InChI is InChI=1S/C27H34NO5.BrH/c1-4-31-25(29)19-32-27(20-11-7-5-8-12-20,21-13-9-6-10-14-21)26(30)33-24-17-22-15-16-23(18-24)28(22,2)3;/h5-14,22-24H,4,15-19H2,1-3H3;1H/q+1;/p-1/t22-,23+,24?;. The monoisotopic (exact) mass is 531 g/mol. The Kier molecular flexibility index (Phi) is 8.55. The van der Waals surface area contributed by atoms with Gasteiger partial charge in [0.2, 0.25) is 5.60 Å². The molecule has 0 amide bonds. The Hall–Kier alpha value is -2.22. The molecule has 2 aliphatic heterocycles. The Balaban J connectivity index is 0.00000324. The summed E-state index contributed by atoms with van der Waals surface area (Å²) in [5.41, 5.74) is -0.309. The average Bonchev–Trinajstić information content (AvgIpc) is 2.97. The van der Waals surface area contributed by atoms with Crippen LogP contribution in [0.3, 0.4) is 0 Å². The summed E-state index contributed by atoms with van der Waals surface area (Å²) in [7, 11) is 4.56. The molecule has 2 bridgehead atoms. The molecule has 3 atom stereocenters. The van der Waals surface area contributed by atoms with E-state index < -0.39 is 17.5 Å². The number of esters is 2. The third-order valence-electron chi connectivity index (χ3n) is 7.42. The zero-order valence-electron chi connectivity index (χ0n) is 20.1. The third kappa shape index (κ3) is 5.07. The van der Waals surface area contributed by atoms with Crippen molar-refractivity contribution in [3.05, 3.63) is 71.8 Å². The fourth-order valence-electron chi connectivity index (χ4n) is 5.50. The maximum absolute atomic E-state index is 14.0. The first kappa shape index (κ1) is 26.4. The van der Waals surface area contributed by atoms with Crippen molar-refractivity contribution >= 4 is 11.9 Å². The second-order valence-corrected chi connectivity index (χ2v) is 9.52. The minimum atomic E-state index is -1.56. The SMILES string of the molecule is CCOC(=O)COC(C(=O)OC1C[C@H]2CC[C@@H](C1)[N+]2(C)C)(c1ccccc1)c1ccccc1.[Br-]. The third-order valence-corrected chi connectivity index (χ3v) is 7.42. The van der Waals surface area contributed by atoms with Crippen LogP contribution in [0.5, 0.6) is 0 Å². The van der Waals surface area contributed by atoms with Crippen LogP contribution in [-0.2, 0) is 29.4 Å². The van der Waals surface area contributed by atoms with E-state index in [0.29, 0.717) is 23.2 Å². The lowest BCUT2D eigenvalue weighted by Gasteiger charge is -2.44. The molecule has 0 spiro atoms. The van der Waals surface area contributed by atoms with Crippen molar-refractivity contribution in [2.75, 3.05) is 27.3 Å². The molecule has 2 heterocycles. The number of quaternary nitrogens is 1. The van der Waals surface area contributed by atoms with Gasteiger partial charge < -0.3 is 35.7 Å². The van der Waals surface area contributed by atoms with E-state index in [1.165, 1.54) is 0 Å². The fourth-order valence-corrected chi connectivity index (χ4v) is 5.50. The molecule has 2 aromatic rings. The lowest BCUT2D eigenvalue weighted by molar-refractivity contribution is -0.931. The number of carbonyl (C=O) groups is 2. The first-order valence-corrected chi connectivity index (χ1v) is 11.8. The van der Waals surface area contributed by atoms with Crippen LogP contribution in [-0.4, -0.2) is 61.9 Å². The molecular formula is C27H34BrNO5. The van der Waals surface area contributed by atoms with Gasteiger partial charge in [0.1, 0.15) is 12.7 Å². The number of fused-ring (bicyclic) bond motifs is 2. The van der Waals surface area contributed by atoms with Gasteiger partial charge in [-0.25, -0.2) is 9.59 Å². The summed E-state index contributed by atoms with van der Waals surface area (Å²) in [6.07, 6.45) is 3.83. The predicted octanol–water partition coefficient (Wildman–Crippen LogP) is 0.827. The Morgan fingerprint density at radius 1 is 0.912 bits per heavy atom. The maximum Gasteiger partial charge on any atom is 0.348 e. The largest absolute Gasteiger partial charge is 1.00 e. The lowest BCUT2D eigenvalue weighted by atomic mass is 9.85. The van der Waals surface area contributed by atoms with Crippen molar-refractivity contribution in [1.82, 2.24) is 0 Å². The van der Waals surface area contributed by atoms with Crippen LogP contribution >= 0.6 is 0 Å². The highest BCUT2D eigenvalue weighted by atomic mass is 79.9. The van der Waals surface area contributed by atoms with E-state index >= 15 is 0 Å². The Morgan fingerprint density at radius 3 is 1.88 bits per heavy atom. The lowest BCUT2D eigenvalue weighted by Crippen LogP contribution is -3.00. The van der Waals surface area contributed by atoms with E-state index in [4.69, 9.17) is 14.2 Å². The molecule has 1 unspecified atom stereocenters. The van der Waals surface area contributed by atoms with Crippen LogP contribution in [0, 0.1) is 0 Å². The molecule has 2 aliphatic rings. The first-order chi connectivity index (χ1) is 15.9. The minimum Gasteiger partial charge on any atom is -1.00 e. The fraction of sp³-hybridized carbons (Fsp3) is 0.481. The van der Waals surface area contributed by atoms with Crippen molar-refractivity contribution < 1.29 is 45.3 Å². The summed E-state index contributed by atoms with van der Waals surface area (Å²) >= 11 is 0. The number of benzene rings is 2. The highest BCUT2D eigenvalue weighted by Gasteiger charge is 2.52. The van der Waals surface area contributed by atoms with Gasteiger partial charge in [0.05, 0.1) is 32.8 Å². The number of ether oxygens (including phenoxy) is 3.